The molecule has 1 rings (SSSR count). The van der Waals surface area contributed by atoms with E-state index in [1.54, 1.807) is 42.3 Å². The Bertz CT molecular complexity index is 99.8. The van der Waals surface area contributed by atoms with E-state index in [1.807, 2.05) is 30.3 Å². The van der Waals surface area contributed by atoms with Crippen LogP contribution in [0, 0.1) is 7.43 Å². The third-order valence-corrected chi connectivity index (χ3v) is 0.556. The molecule has 0 unspecified atom stereocenters. The van der Waals surface area contributed by atoms with Crippen LogP contribution >= 0.6 is 0 Å². The van der Waals surface area contributed by atoms with E-state index in [0.29, 0.717) is 0 Å². The van der Waals surface area contributed by atoms with Gasteiger partial charge in [0.1, 0.15) is 0 Å². The van der Waals surface area contributed by atoms with E-state index in [2.05, 4.69) is 16.0 Å². The van der Waals surface area contributed by atoms with Gasteiger partial charge in [-0.1, -0.05) is 0 Å². The Morgan fingerprint density at radius 3 is 0.938 bits per heavy atom. The molecule has 1 aromatic carbocycles. The summed E-state index contributed by atoms with van der Waals surface area (Å²) in [6, 6.07) is 10.0. The second-order valence-corrected chi connectivity index (χ2v) is 2.30. The van der Waals surface area contributed by atoms with Crippen LogP contribution in [0.5, 0.6) is 0 Å². The third kappa shape index (κ3) is 95.6. The molecule has 3 nitrogen and oxygen atoms in total. The average molecular weight is 260 g/mol. The van der Waals surface area contributed by atoms with E-state index in [9.17, 15) is 0 Å². The molecule has 1 aromatic rings. The van der Waals surface area contributed by atoms with Crippen molar-refractivity contribution in [3.05, 3.63) is 53.7 Å². The number of hydrogen-bond donors (Lipinski definition) is 0. The molecule has 0 aliphatic carbocycles. The van der Waals surface area contributed by atoms with E-state index < -0.39 is 0 Å². The van der Waals surface area contributed by atoms with Crippen molar-refractivity contribution in [3.63, 3.8) is 0 Å². The zero-order valence-electron chi connectivity index (χ0n) is 11.7. The summed E-state index contributed by atoms with van der Waals surface area (Å²) in [7, 11) is 10.5. The Morgan fingerprint density at radius 1 is 0.688 bits per heavy atom. The molecule has 0 amide bonds. The van der Waals surface area contributed by atoms with Gasteiger partial charge in [0.2, 0.25) is 0 Å². The normalized spacial score (nSPS) is 5.88. The van der Waals surface area contributed by atoms with Gasteiger partial charge in [0, 0.05) is 0 Å². The van der Waals surface area contributed by atoms with Crippen molar-refractivity contribution >= 4 is 0 Å². The number of hydrogen-bond acceptors (Lipinski definition) is 0. The summed E-state index contributed by atoms with van der Waals surface area (Å²) in [5, 5.41) is 10.5. The fourth-order valence-electron chi connectivity index (χ4n) is 0.321. The molecule has 1 radical (unpaired) electrons. The molecule has 0 atom stereocenters. The summed E-state index contributed by atoms with van der Waals surface area (Å²) >= 11 is 0. The third-order valence-electron chi connectivity index (χ3n) is 0.556. The van der Waals surface area contributed by atoms with Crippen LogP contribution in [0.1, 0.15) is 0 Å². The first kappa shape index (κ1) is 29.7. The van der Waals surface area contributed by atoms with Crippen LogP contribution in [0.2, 0.25) is 0 Å². The van der Waals surface area contributed by atoms with Crippen molar-refractivity contribution in [2.24, 2.45) is 0 Å². The maximum absolute atomic E-state index is 3.50. The van der Waals surface area contributed by atoms with Crippen molar-refractivity contribution < 1.29 is 21.7 Å². The molecule has 0 fully saturated rings. The van der Waals surface area contributed by atoms with Crippen molar-refractivity contribution in [2.75, 3.05) is 42.3 Å². The van der Waals surface area contributed by atoms with Gasteiger partial charge in [0.15, 0.2) is 0 Å². The van der Waals surface area contributed by atoms with Crippen LogP contribution < -0.4 is 0 Å². The summed E-state index contributed by atoms with van der Waals surface area (Å²) in [5.74, 6) is 0. The minimum absolute atomic E-state index is 0. The van der Waals surface area contributed by atoms with Gasteiger partial charge < -0.3 is 23.4 Å². The average Bonchev–Trinajstić information content (AvgIpc) is 2.63. The maximum Gasteiger partial charge on any atom is 3.00 e. The number of nitrogens with zero attached hydrogens (tertiary/aromatic N) is 3. The zero-order chi connectivity index (χ0) is 11.7. The summed E-state index contributed by atoms with van der Waals surface area (Å²) in [6.07, 6.45) is 0. The monoisotopic (exact) mass is 260 g/mol. The minimum Gasteiger partial charge on any atom is -0.668 e. The van der Waals surface area contributed by atoms with E-state index in [1.165, 1.54) is 0 Å². The molecule has 0 bridgehead atoms. The standard InChI is InChI=1S/C5H5.3C2H6N.CH3.Ti/c1-2-4-5-3-1;3*1-3-2;;/h1-5H;3*1-2H3;1H3;/q5*-1;+3. The fraction of sp³-hybridized carbons (Fsp3) is 0.500. The van der Waals surface area contributed by atoms with Gasteiger partial charge in [-0.3, -0.25) is 0 Å². The Labute approximate surface area is 118 Å². The Balaban J connectivity index is -0.0000000336. The summed E-state index contributed by atoms with van der Waals surface area (Å²) in [5.41, 5.74) is 0. The van der Waals surface area contributed by atoms with Gasteiger partial charge >= 0.3 is 21.7 Å². The van der Waals surface area contributed by atoms with Gasteiger partial charge in [-0.2, -0.15) is 60.5 Å². The predicted molar refractivity (Wildman–Crippen MR) is 74.1 cm³/mol. The van der Waals surface area contributed by atoms with Crippen LogP contribution in [-0.4, -0.2) is 42.3 Å². The maximum atomic E-state index is 3.50. The topological polar surface area (TPSA) is 42.3 Å². The Kier molecular flexibility index (Phi) is 85.5. The molecule has 95 valence electrons. The van der Waals surface area contributed by atoms with Gasteiger partial charge in [0.25, 0.3) is 0 Å². The van der Waals surface area contributed by atoms with Gasteiger partial charge in [-0.15, -0.1) is 0 Å². The quantitative estimate of drug-likeness (QED) is 0.504. The molecule has 0 heterocycles. The first-order valence-corrected chi connectivity index (χ1v) is 4.35. The van der Waals surface area contributed by atoms with Crippen LogP contribution in [0.3, 0.4) is 0 Å². The van der Waals surface area contributed by atoms with Crippen LogP contribution in [0.4, 0.5) is 0 Å². The molecule has 0 saturated heterocycles. The van der Waals surface area contributed by atoms with E-state index in [-0.39, 0.29) is 29.1 Å². The Hall–Kier alpha value is -0.0557. The van der Waals surface area contributed by atoms with Crippen molar-refractivity contribution in [3.8, 4) is 0 Å². The molecule has 0 aliphatic heterocycles. The van der Waals surface area contributed by atoms with E-state index in [0.717, 1.165) is 0 Å². The van der Waals surface area contributed by atoms with E-state index >= 15 is 0 Å². The van der Waals surface area contributed by atoms with Crippen molar-refractivity contribution in [1.29, 1.82) is 0 Å². The molecule has 4 heteroatoms. The molecule has 0 spiro atoms. The predicted octanol–water partition coefficient (Wildman–Crippen LogP) is 3.71. The Morgan fingerprint density at radius 2 is 0.875 bits per heavy atom. The van der Waals surface area contributed by atoms with Crippen molar-refractivity contribution in [1.82, 2.24) is 0 Å². The largest absolute Gasteiger partial charge is 3.00 e. The molecule has 0 N–H and O–H groups in total. The smallest absolute Gasteiger partial charge is 0.668 e. The van der Waals surface area contributed by atoms with E-state index in [4.69, 9.17) is 0 Å². The summed E-state index contributed by atoms with van der Waals surface area (Å²) < 4.78 is 0. The molecule has 0 aliphatic rings. The minimum atomic E-state index is 0. The molecule has 0 aromatic heterocycles. The zero-order valence-corrected chi connectivity index (χ0v) is 13.3. The van der Waals surface area contributed by atoms with Gasteiger partial charge in [-0.25, -0.2) is 12.1 Å². The molecular weight excluding hydrogens is 234 g/mol. The molecular formula is C12H26N3Ti-2. The number of rotatable bonds is 0. The van der Waals surface area contributed by atoms with Crippen molar-refractivity contribution in [2.45, 2.75) is 0 Å². The van der Waals surface area contributed by atoms with Crippen LogP contribution in [0.25, 0.3) is 16.0 Å². The fourth-order valence-corrected chi connectivity index (χ4v) is 0.321. The second-order valence-electron chi connectivity index (χ2n) is 2.30. The first-order valence-electron chi connectivity index (χ1n) is 4.35. The van der Waals surface area contributed by atoms with Gasteiger partial charge in [-0.05, 0) is 0 Å². The summed E-state index contributed by atoms with van der Waals surface area (Å²) in [6.45, 7) is 0. The molecule has 0 saturated carbocycles. The SMILES string of the molecule is C[N-]C.C[N-]C.C[N-]C.[CH3-].[Ti+3].c1cc[cH-]c1. The second kappa shape index (κ2) is 46.0. The van der Waals surface area contributed by atoms with Crippen LogP contribution in [-0.2, 0) is 21.7 Å². The first-order chi connectivity index (χ1) is 6.74. The van der Waals surface area contributed by atoms with Crippen LogP contribution in [0.15, 0.2) is 30.3 Å². The summed E-state index contributed by atoms with van der Waals surface area (Å²) in [4.78, 5) is 0. The molecule has 16 heavy (non-hydrogen) atoms. The van der Waals surface area contributed by atoms with Gasteiger partial charge in [0.05, 0.1) is 0 Å².